The number of rotatable bonds is 4. The van der Waals surface area contributed by atoms with Crippen molar-refractivity contribution in [1.82, 2.24) is 39.4 Å². The minimum absolute atomic E-state index is 0.0265. The zero-order valence-corrected chi connectivity index (χ0v) is 25.9. The standard InChI is InChI=1S/C33H33F2N9O2/c1-6-26(45)42-13-19(5)43(14-18(42)4)31-22-12-24(35)29-27-20(8-7-9-23(27)34)15-41-16-25(39-40-41)21-10-11-36-28(17(2)3)30(21)44(32(22)37-29)33(46)38-31/h6-12,16-19,26,45H,1,13-15H2,2-5H3/t18-,19+,26?/m1/s1. The summed E-state index contributed by atoms with van der Waals surface area (Å²) in [6.07, 6.45) is 3.99. The fraction of sp³-hybridized carbons (Fsp3) is 0.333. The van der Waals surface area contributed by atoms with Crippen LogP contribution in [0, 0.1) is 11.6 Å². The number of aliphatic hydroxyl groups is 1. The van der Waals surface area contributed by atoms with Crippen molar-refractivity contribution in [3.05, 3.63) is 88.8 Å². The lowest BCUT2D eigenvalue weighted by Gasteiger charge is -2.46. The summed E-state index contributed by atoms with van der Waals surface area (Å²) in [5.41, 5.74) is 1.67. The Hall–Kier alpha value is -4.88. The predicted octanol–water partition coefficient (Wildman–Crippen LogP) is 4.27. The molecule has 1 unspecified atom stereocenters. The van der Waals surface area contributed by atoms with Gasteiger partial charge in [-0.05, 0) is 49.6 Å². The number of fused-ring (bicyclic) bond motifs is 8. The van der Waals surface area contributed by atoms with Gasteiger partial charge in [-0.15, -0.1) is 5.10 Å². The van der Waals surface area contributed by atoms with E-state index in [-0.39, 0.29) is 52.7 Å². The molecule has 5 aromatic rings. The molecule has 1 fully saturated rings. The molecular formula is C33H33F2N9O2. The summed E-state index contributed by atoms with van der Waals surface area (Å²) >= 11 is 0. The third kappa shape index (κ3) is 4.69. The molecule has 2 aliphatic rings. The van der Waals surface area contributed by atoms with Crippen LogP contribution in [-0.4, -0.2) is 75.9 Å². The van der Waals surface area contributed by atoms with Gasteiger partial charge in [0, 0.05) is 42.5 Å². The molecule has 1 aromatic carbocycles. The molecule has 6 heterocycles. The molecule has 3 atom stereocenters. The van der Waals surface area contributed by atoms with Crippen LogP contribution in [0.15, 0.2) is 60.2 Å². The van der Waals surface area contributed by atoms with E-state index in [0.717, 1.165) is 0 Å². The maximum atomic E-state index is 16.4. The minimum atomic E-state index is -0.844. The number of aliphatic hydroxyl groups excluding tert-OH is 1. The van der Waals surface area contributed by atoms with Crippen molar-refractivity contribution < 1.29 is 13.9 Å². The molecule has 0 spiro atoms. The highest BCUT2D eigenvalue weighted by Crippen LogP contribution is 2.38. The molecule has 2 aliphatic heterocycles. The van der Waals surface area contributed by atoms with Gasteiger partial charge < -0.3 is 10.0 Å². The summed E-state index contributed by atoms with van der Waals surface area (Å²) in [5.74, 6) is -1.30. The minimum Gasteiger partial charge on any atom is -0.375 e. The van der Waals surface area contributed by atoms with E-state index in [9.17, 15) is 9.90 Å². The highest BCUT2D eigenvalue weighted by Gasteiger charge is 2.35. The van der Waals surface area contributed by atoms with Crippen molar-refractivity contribution >= 4 is 16.9 Å². The van der Waals surface area contributed by atoms with Crippen LogP contribution in [0.1, 0.15) is 44.9 Å². The van der Waals surface area contributed by atoms with Crippen LogP contribution < -0.4 is 10.6 Å². The monoisotopic (exact) mass is 625 g/mol. The van der Waals surface area contributed by atoms with E-state index in [1.165, 1.54) is 22.8 Å². The second-order valence-corrected chi connectivity index (χ2v) is 12.3. The van der Waals surface area contributed by atoms with Crippen molar-refractivity contribution in [3.8, 4) is 28.2 Å². The Morgan fingerprint density at radius 2 is 1.89 bits per heavy atom. The molecule has 1 N–H and O–H groups in total. The molecule has 13 heteroatoms. The number of hydrogen-bond donors (Lipinski definition) is 1. The van der Waals surface area contributed by atoms with E-state index in [2.05, 4.69) is 26.9 Å². The number of hydrogen-bond acceptors (Lipinski definition) is 9. The first-order chi connectivity index (χ1) is 22.1. The van der Waals surface area contributed by atoms with Crippen molar-refractivity contribution in [3.63, 3.8) is 0 Å². The van der Waals surface area contributed by atoms with Gasteiger partial charge in [-0.2, -0.15) is 4.98 Å². The average Bonchev–Trinajstić information content (AvgIpc) is 3.49. The van der Waals surface area contributed by atoms with Gasteiger partial charge in [0.15, 0.2) is 5.65 Å². The van der Waals surface area contributed by atoms with E-state index >= 15 is 8.78 Å². The Bertz CT molecular complexity index is 2070. The first kappa shape index (κ1) is 29.8. The van der Waals surface area contributed by atoms with Crippen molar-refractivity contribution in [2.24, 2.45) is 0 Å². The maximum Gasteiger partial charge on any atom is 0.355 e. The van der Waals surface area contributed by atoms with Crippen LogP contribution in [0.5, 0.6) is 0 Å². The van der Waals surface area contributed by atoms with Gasteiger partial charge in [-0.3, -0.25) is 9.88 Å². The highest BCUT2D eigenvalue weighted by molar-refractivity contribution is 5.91. The van der Waals surface area contributed by atoms with Crippen molar-refractivity contribution in [1.29, 1.82) is 0 Å². The summed E-state index contributed by atoms with van der Waals surface area (Å²) in [4.78, 5) is 32.2. The van der Waals surface area contributed by atoms with Crippen LogP contribution in [0.4, 0.5) is 14.6 Å². The lowest BCUT2D eigenvalue weighted by molar-refractivity contribution is 0.0000490. The summed E-state index contributed by atoms with van der Waals surface area (Å²) < 4.78 is 34.9. The number of piperazine rings is 1. The number of nitrogens with zero attached hydrogens (tertiary/aromatic N) is 9. The third-order valence-corrected chi connectivity index (χ3v) is 8.86. The van der Waals surface area contributed by atoms with Gasteiger partial charge >= 0.3 is 5.69 Å². The molecule has 4 aromatic heterocycles. The van der Waals surface area contributed by atoms with Crippen LogP contribution in [0.3, 0.4) is 0 Å². The number of benzene rings is 1. The molecule has 11 nitrogen and oxygen atoms in total. The summed E-state index contributed by atoms with van der Waals surface area (Å²) in [7, 11) is 0. The number of anilines is 1. The van der Waals surface area contributed by atoms with Crippen LogP contribution in [-0.2, 0) is 6.54 Å². The van der Waals surface area contributed by atoms with Gasteiger partial charge in [0.1, 0.15) is 35.1 Å². The normalized spacial score (nSPS) is 18.7. The Labute approximate surface area is 263 Å². The fourth-order valence-corrected chi connectivity index (χ4v) is 6.63. The smallest absolute Gasteiger partial charge is 0.355 e. The number of pyridine rings is 2. The van der Waals surface area contributed by atoms with Gasteiger partial charge in [-0.1, -0.05) is 37.8 Å². The average molecular weight is 626 g/mol. The van der Waals surface area contributed by atoms with E-state index < -0.39 is 23.6 Å². The lowest BCUT2D eigenvalue weighted by Crippen LogP contribution is -2.59. The fourth-order valence-electron chi connectivity index (χ4n) is 6.63. The molecular weight excluding hydrogens is 592 g/mol. The zero-order valence-electron chi connectivity index (χ0n) is 25.9. The Balaban J connectivity index is 1.59. The summed E-state index contributed by atoms with van der Waals surface area (Å²) in [6.45, 7) is 12.5. The summed E-state index contributed by atoms with van der Waals surface area (Å²) in [6, 6.07) is 7.16. The molecule has 0 aliphatic carbocycles. The van der Waals surface area contributed by atoms with Gasteiger partial charge in [0.05, 0.1) is 29.5 Å². The first-order valence-corrected chi connectivity index (χ1v) is 15.2. The Kier molecular flexibility index (Phi) is 7.24. The Morgan fingerprint density at radius 3 is 2.65 bits per heavy atom. The Morgan fingerprint density at radius 1 is 1.09 bits per heavy atom. The second-order valence-electron chi connectivity index (χ2n) is 12.3. The van der Waals surface area contributed by atoms with Crippen molar-refractivity contribution in [2.45, 2.75) is 58.5 Å². The van der Waals surface area contributed by atoms with Crippen molar-refractivity contribution in [2.75, 3.05) is 18.0 Å². The van der Waals surface area contributed by atoms with Crippen LogP contribution in [0.25, 0.3) is 39.2 Å². The predicted molar refractivity (Wildman–Crippen MR) is 170 cm³/mol. The zero-order chi connectivity index (χ0) is 32.4. The second kappa shape index (κ2) is 11.2. The molecule has 7 rings (SSSR count). The SMILES string of the molecule is C=CC(O)N1C[C@H](C)N(c2nc(=O)n3c4nc(c(F)cc24)-c2c(F)cccc2Cn2cc(nn2)-c2ccnc(C(C)C)c2-3)C[C@H]1C. The van der Waals surface area contributed by atoms with Gasteiger partial charge in [0.25, 0.3) is 0 Å². The van der Waals surface area contributed by atoms with Gasteiger partial charge in [-0.25, -0.2) is 27.8 Å². The lowest BCUT2D eigenvalue weighted by atomic mass is 10.0. The molecule has 0 radical (unpaired) electrons. The van der Waals surface area contributed by atoms with Gasteiger partial charge in [0.2, 0.25) is 0 Å². The largest absolute Gasteiger partial charge is 0.375 e. The molecule has 1 saturated heterocycles. The molecule has 0 amide bonds. The molecule has 4 bridgehead atoms. The maximum absolute atomic E-state index is 16.4. The quantitative estimate of drug-likeness (QED) is 0.287. The van der Waals surface area contributed by atoms with E-state index in [4.69, 9.17) is 4.98 Å². The molecule has 46 heavy (non-hydrogen) atoms. The first-order valence-electron chi connectivity index (χ1n) is 15.2. The molecule has 0 saturated carbocycles. The highest BCUT2D eigenvalue weighted by atomic mass is 19.1. The van der Waals surface area contributed by atoms with E-state index in [0.29, 0.717) is 41.3 Å². The molecule has 236 valence electrons. The van der Waals surface area contributed by atoms with Crippen LogP contribution >= 0.6 is 0 Å². The van der Waals surface area contributed by atoms with E-state index in [1.807, 2.05) is 37.5 Å². The number of aromatic nitrogens is 7. The summed E-state index contributed by atoms with van der Waals surface area (Å²) in [5, 5.41) is 19.5. The number of halogens is 2. The van der Waals surface area contributed by atoms with E-state index in [1.54, 1.807) is 35.3 Å². The topological polar surface area (TPSA) is 118 Å². The third-order valence-electron chi connectivity index (χ3n) is 8.86. The van der Waals surface area contributed by atoms with Crippen LogP contribution in [0.2, 0.25) is 0 Å².